The number of aromatic carboxylic acids is 1. The summed E-state index contributed by atoms with van der Waals surface area (Å²) in [6.45, 7) is 4.18. The van der Waals surface area contributed by atoms with Crippen molar-refractivity contribution in [3.8, 4) is 6.07 Å². The number of carbonyl (C=O) groups excluding carboxylic acids is 1. The number of carboxylic acid groups (broad SMARTS) is 1. The molecule has 1 heterocycles. The summed E-state index contributed by atoms with van der Waals surface area (Å²) in [6.07, 6.45) is 1.39. The summed E-state index contributed by atoms with van der Waals surface area (Å²) in [4.78, 5) is 27.3. The van der Waals surface area contributed by atoms with Crippen LogP contribution >= 0.6 is 23.3 Å². The molecule has 0 atom stereocenters. The van der Waals surface area contributed by atoms with Gasteiger partial charge in [0.25, 0.3) is 5.91 Å². The van der Waals surface area contributed by atoms with Gasteiger partial charge in [0.1, 0.15) is 11.6 Å². The highest BCUT2D eigenvalue weighted by molar-refractivity contribution is 7.99. The second kappa shape index (κ2) is 9.12. The third kappa shape index (κ3) is 5.68. The average Bonchev–Trinajstić information content (AvgIpc) is 3.05. The fourth-order valence-corrected chi connectivity index (χ4v) is 3.25. The van der Waals surface area contributed by atoms with E-state index >= 15 is 0 Å². The molecule has 1 aromatic carbocycles. The Labute approximate surface area is 158 Å². The third-order valence-electron chi connectivity index (χ3n) is 3.01. The van der Waals surface area contributed by atoms with Crippen LogP contribution < -0.4 is 5.32 Å². The molecule has 2 rings (SSSR count). The molecule has 0 fully saturated rings. The van der Waals surface area contributed by atoms with E-state index < -0.39 is 11.9 Å². The van der Waals surface area contributed by atoms with Crippen LogP contribution in [-0.2, 0) is 4.79 Å². The second-order valence-corrected chi connectivity index (χ2v) is 7.38. The molecule has 0 aliphatic rings. The predicted octanol–water partition coefficient (Wildman–Crippen LogP) is 3.53. The molecular weight excluding hydrogens is 372 g/mol. The molecule has 0 unspecified atom stereocenters. The quantitative estimate of drug-likeness (QED) is 0.423. The van der Waals surface area contributed by atoms with Crippen LogP contribution in [-0.4, -0.2) is 32.1 Å². The molecule has 0 spiro atoms. The molecule has 0 radical (unpaired) electrons. The smallest absolute Gasteiger partial charge is 0.335 e. The Morgan fingerprint density at radius 1 is 1.38 bits per heavy atom. The molecule has 9 heteroatoms. The fraction of sp³-hybridized carbons (Fsp3) is 0.235. The Bertz CT molecular complexity index is 867. The van der Waals surface area contributed by atoms with Gasteiger partial charge in [0.2, 0.25) is 10.3 Å². The topological polar surface area (TPSA) is 116 Å². The van der Waals surface area contributed by atoms with Crippen molar-refractivity contribution in [1.82, 2.24) is 9.36 Å². The average molecular weight is 388 g/mol. The minimum atomic E-state index is -1.04. The highest BCUT2D eigenvalue weighted by Crippen LogP contribution is 2.22. The van der Waals surface area contributed by atoms with Gasteiger partial charge in [-0.05, 0) is 29.7 Å². The van der Waals surface area contributed by atoms with Crippen molar-refractivity contribution in [2.24, 2.45) is 5.92 Å². The van der Waals surface area contributed by atoms with E-state index in [2.05, 4.69) is 28.5 Å². The number of anilines is 1. The zero-order chi connectivity index (χ0) is 19.1. The van der Waals surface area contributed by atoms with Crippen LogP contribution in [0, 0.1) is 17.2 Å². The lowest BCUT2D eigenvalue weighted by molar-refractivity contribution is -0.112. The lowest BCUT2D eigenvalue weighted by Crippen LogP contribution is -2.13. The minimum absolute atomic E-state index is 0.111. The first-order chi connectivity index (χ1) is 12.4. The minimum Gasteiger partial charge on any atom is -0.478 e. The summed E-state index contributed by atoms with van der Waals surface area (Å²) >= 11 is 2.56. The second-order valence-electron chi connectivity index (χ2n) is 5.64. The lowest BCUT2D eigenvalue weighted by Gasteiger charge is -2.01. The fourth-order valence-electron chi connectivity index (χ4n) is 1.76. The molecule has 2 N–H and O–H groups in total. The van der Waals surface area contributed by atoms with Gasteiger partial charge in [0.15, 0.2) is 0 Å². The summed E-state index contributed by atoms with van der Waals surface area (Å²) in [5, 5.41) is 21.6. The van der Waals surface area contributed by atoms with Crippen LogP contribution in [0.4, 0.5) is 5.13 Å². The van der Waals surface area contributed by atoms with Gasteiger partial charge in [-0.15, -0.1) is 0 Å². The van der Waals surface area contributed by atoms with Gasteiger partial charge >= 0.3 is 5.97 Å². The van der Waals surface area contributed by atoms with E-state index in [0.29, 0.717) is 21.8 Å². The molecule has 2 aromatic rings. The molecule has 1 amide bonds. The number of aromatic nitrogens is 2. The maximum absolute atomic E-state index is 12.2. The van der Waals surface area contributed by atoms with E-state index in [9.17, 15) is 14.9 Å². The summed E-state index contributed by atoms with van der Waals surface area (Å²) in [7, 11) is 0. The zero-order valence-electron chi connectivity index (χ0n) is 14.1. The van der Waals surface area contributed by atoms with Crippen LogP contribution in [0.25, 0.3) is 6.08 Å². The Morgan fingerprint density at radius 2 is 2.08 bits per heavy atom. The first-order valence-corrected chi connectivity index (χ1v) is 9.38. The number of carbonyl (C=O) groups is 2. The number of rotatable bonds is 7. The first kappa shape index (κ1) is 19.6. The van der Waals surface area contributed by atoms with E-state index in [1.54, 1.807) is 0 Å². The van der Waals surface area contributed by atoms with Gasteiger partial charge < -0.3 is 5.11 Å². The maximum atomic E-state index is 12.2. The number of thioether (sulfide) groups is 1. The number of nitrogens with zero attached hydrogens (tertiary/aromatic N) is 3. The van der Waals surface area contributed by atoms with Crippen molar-refractivity contribution in [2.75, 3.05) is 11.1 Å². The number of nitriles is 1. The SMILES string of the molecule is CC(C)CSc1nsc(NC(=O)/C(C#N)=C\c2ccc(C(=O)O)cc2)n1. The van der Waals surface area contributed by atoms with Crippen molar-refractivity contribution in [1.29, 1.82) is 5.26 Å². The largest absolute Gasteiger partial charge is 0.478 e. The Kier molecular flexibility index (Phi) is 6.89. The number of benzene rings is 1. The summed E-state index contributed by atoms with van der Waals surface area (Å²) in [5.74, 6) is -0.255. The molecule has 7 nitrogen and oxygen atoms in total. The molecule has 0 saturated carbocycles. The van der Waals surface area contributed by atoms with Crippen LogP contribution in [0.3, 0.4) is 0 Å². The normalized spacial score (nSPS) is 11.2. The molecule has 0 aliphatic carbocycles. The standard InChI is InChI=1S/C17H16N4O3S2/c1-10(2)9-25-17-20-16(26-21-17)19-14(22)13(8-18)7-11-3-5-12(6-4-11)15(23)24/h3-7,10H,9H2,1-2H3,(H,23,24)(H,19,20,21,22)/b13-7-. The summed E-state index contributed by atoms with van der Waals surface area (Å²) in [6, 6.07) is 7.71. The van der Waals surface area contributed by atoms with Gasteiger partial charge in [-0.25, -0.2) is 4.79 Å². The third-order valence-corrected chi connectivity index (χ3v) is 5.03. The van der Waals surface area contributed by atoms with Gasteiger partial charge in [-0.2, -0.15) is 14.6 Å². The Morgan fingerprint density at radius 3 is 2.65 bits per heavy atom. The van der Waals surface area contributed by atoms with E-state index in [4.69, 9.17) is 5.11 Å². The highest BCUT2D eigenvalue weighted by atomic mass is 32.2. The number of amides is 1. The number of carboxylic acids is 1. The van der Waals surface area contributed by atoms with Crippen LogP contribution in [0.5, 0.6) is 0 Å². The molecule has 0 bridgehead atoms. The van der Waals surface area contributed by atoms with Gasteiger partial charge in [0, 0.05) is 17.3 Å². The van der Waals surface area contributed by atoms with Crippen LogP contribution in [0.1, 0.15) is 29.8 Å². The van der Waals surface area contributed by atoms with Crippen LogP contribution in [0.15, 0.2) is 35.0 Å². The van der Waals surface area contributed by atoms with Crippen molar-refractivity contribution < 1.29 is 14.7 Å². The van der Waals surface area contributed by atoms with Crippen molar-refractivity contribution in [3.63, 3.8) is 0 Å². The predicted molar refractivity (Wildman–Crippen MR) is 101 cm³/mol. The number of nitrogens with one attached hydrogen (secondary N) is 1. The highest BCUT2D eigenvalue weighted by Gasteiger charge is 2.13. The zero-order valence-corrected chi connectivity index (χ0v) is 15.7. The van der Waals surface area contributed by atoms with E-state index in [0.717, 1.165) is 17.3 Å². The molecule has 0 aliphatic heterocycles. The number of hydrogen-bond acceptors (Lipinski definition) is 7. The molecule has 0 saturated heterocycles. The molecule has 134 valence electrons. The summed E-state index contributed by atoms with van der Waals surface area (Å²) in [5.41, 5.74) is 0.567. The van der Waals surface area contributed by atoms with E-state index in [-0.39, 0.29) is 11.1 Å². The first-order valence-electron chi connectivity index (χ1n) is 7.62. The maximum Gasteiger partial charge on any atom is 0.335 e. The lowest BCUT2D eigenvalue weighted by atomic mass is 10.1. The Balaban J connectivity index is 2.06. The summed E-state index contributed by atoms with van der Waals surface area (Å²) < 4.78 is 4.16. The van der Waals surface area contributed by atoms with Gasteiger partial charge in [-0.1, -0.05) is 37.7 Å². The van der Waals surface area contributed by atoms with Crippen molar-refractivity contribution in [2.45, 2.75) is 19.0 Å². The van der Waals surface area contributed by atoms with Crippen molar-refractivity contribution >= 4 is 46.4 Å². The molecular formula is C17H16N4O3S2. The Hall–Kier alpha value is -2.70. The van der Waals surface area contributed by atoms with Crippen molar-refractivity contribution in [3.05, 3.63) is 41.0 Å². The van der Waals surface area contributed by atoms with E-state index in [1.807, 2.05) is 6.07 Å². The number of hydrogen-bond donors (Lipinski definition) is 2. The molecule has 26 heavy (non-hydrogen) atoms. The van der Waals surface area contributed by atoms with Gasteiger partial charge in [0.05, 0.1) is 5.56 Å². The molecule has 1 aromatic heterocycles. The van der Waals surface area contributed by atoms with Crippen LogP contribution in [0.2, 0.25) is 0 Å². The van der Waals surface area contributed by atoms with Gasteiger partial charge in [-0.3, -0.25) is 10.1 Å². The van der Waals surface area contributed by atoms with E-state index in [1.165, 1.54) is 42.1 Å². The monoisotopic (exact) mass is 388 g/mol.